The molecule has 0 aliphatic carbocycles. The van der Waals surface area contributed by atoms with Crippen molar-refractivity contribution in [2.75, 3.05) is 72.5 Å². The Balaban J connectivity index is 1.34. The first-order valence-electron chi connectivity index (χ1n) is 15.6. The molecule has 0 amide bonds. The zero-order chi connectivity index (χ0) is 29.9. The topological polar surface area (TPSA) is 86.3 Å². The molecule has 0 aromatic heterocycles. The monoisotopic (exact) mass is 625 g/mol. The third kappa shape index (κ3) is 6.43. The minimum atomic E-state index is -3.87. The summed E-state index contributed by atoms with van der Waals surface area (Å²) >= 11 is 0. The van der Waals surface area contributed by atoms with E-state index < -0.39 is 14.8 Å². The van der Waals surface area contributed by atoms with Crippen LogP contribution in [0.3, 0.4) is 0 Å². The summed E-state index contributed by atoms with van der Waals surface area (Å²) in [5.74, 6) is 0. The SMILES string of the molecule is CN1CCOP23(CCOCCOCCOP45(OCC1)OC(C)(C)CC4CC(C)(C)O5)OC(C)(C)CC2CC(C)(C)O3. The van der Waals surface area contributed by atoms with Crippen molar-refractivity contribution in [3.8, 4) is 0 Å². The van der Waals surface area contributed by atoms with Crippen LogP contribution in [0.25, 0.3) is 0 Å². The van der Waals surface area contributed by atoms with Gasteiger partial charge in [-0.1, -0.05) is 0 Å². The van der Waals surface area contributed by atoms with E-state index in [0.29, 0.717) is 59.0 Å². The van der Waals surface area contributed by atoms with Crippen molar-refractivity contribution in [3.05, 3.63) is 0 Å². The van der Waals surface area contributed by atoms with E-state index >= 15 is 0 Å². The number of ether oxygens (including phenoxy) is 2. The Morgan fingerprint density at radius 1 is 0.512 bits per heavy atom. The summed E-state index contributed by atoms with van der Waals surface area (Å²) in [7, 11) is -5.22. The average molecular weight is 626 g/mol. The van der Waals surface area contributed by atoms with Crippen LogP contribution in [0, 0.1) is 0 Å². The molecule has 5 fully saturated rings. The third-order valence-electron chi connectivity index (χ3n) is 9.11. The molecule has 2 spiro atoms. The summed E-state index contributed by atoms with van der Waals surface area (Å²) in [6, 6.07) is 0. The molecular weight excluding hydrogens is 568 g/mol. The molecule has 5 rings (SSSR count). The van der Waals surface area contributed by atoms with Crippen molar-refractivity contribution in [1.82, 2.24) is 4.90 Å². The molecule has 10 nitrogen and oxygen atoms in total. The van der Waals surface area contributed by atoms with Crippen molar-refractivity contribution >= 4 is 14.8 Å². The number of rotatable bonds is 0. The summed E-state index contributed by atoms with van der Waals surface area (Å²) in [6.07, 6.45) is 4.18. The van der Waals surface area contributed by atoms with Gasteiger partial charge in [0.05, 0.1) is 0 Å². The molecule has 0 aromatic carbocycles. The molecule has 0 aromatic rings. The van der Waals surface area contributed by atoms with Crippen LogP contribution in [0.15, 0.2) is 0 Å². The Morgan fingerprint density at radius 3 is 1.54 bits per heavy atom. The van der Waals surface area contributed by atoms with Gasteiger partial charge in [0.15, 0.2) is 0 Å². The first kappa shape index (κ1) is 32.8. The Bertz CT molecular complexity index is 860. The molecule has 5 heterocycles. The van der Waals surface area contributed by atoms with Gasteiger partial charge >= 0.3 is 248 Å². The van der Waals surface area contributed by atoms with Crippen LogP contribution < -0.4 is 0 Å². The molecule has 5 aliphatic heterocycles. The fourth-order valence-electron chi connectivity index (χ4n) is 8.00. The van der Waals surface area contributed by atoms with Crippen molar-refractivity contribution in [1.29, 1.82) is 0 Å². The van der Waals surface area contributed by atoms with E-state index in [9.17, 15) is 0 Å². The maximum absolute atomic E-state index is 6.94. The van der Waals surface area contributed by atoms with Crippen LogP contribution in [-0.4, -0.2) is 111 Å². The van der Waals surface area contributed by atoms with Crippen LogP contribution in [0.2, 0.25) is 0 Å². The molecule has 5 saturated heterocycles. The third-order valence-corrected chi connectivity index (χ3v) is 18.9. The Labute approximate surface area is 248 Å². The second-order valence-corrected chi connectivity index (χ2v) is 22.6. The zero-order valence-corrected chi connectivity index (χ0v) is 28.9. The molecule has 242 valence electrons. The fraction of sp³-hybridized carbons (Fsp3) is 1.00. The maximum atomic E-state index is 6.94. The Morgan fingerprint density at radius 2 is 0.951 bits per heavy atom. The fourth-order valence-corrected chi connectivity index (χ4v) is 19.3. The summed E-state index contributed by atoms with van der Waals surface area (Å²) in [5, 5.41) is 0. The second kappa shape index (κ2) is 10.8. The number of nitrogens with zero attached hydrogens (tertiary/aromatic N) is 1. The van der Waals surface area contributed by atoms with E-state index in [4.69, 9.17) is 41.1 Å². The summed E-state index contributed by atoms with van der Waals surface area (Å²) in [5.41, 5.74) is -1.04. The van der Waals surface area contributed by atoms with Crippen molar-refractivity contribution < 1.29 is 41.1 Å². The molecule has 5 aliphatic rings. The van der Waals surface area contributed by atoms with Gasteiger partial charge in [-0.15, -0.1) is 0 Å². The van der Waals surface area contributed by atoms with Crippen LogP contribution in [0.5, 0.6) is 0 Å². The van der Waals surface area contributed by atoms with Crippen molar-refractivity contribution in [3.63, 3.8) is 0 Å². The van der Waals surface area contributed by atoms with Crippen LogP contribution >= 0.6 is 14.8 Å². The van der Waals surface area contributed by atoms with E-state index in [1.54, 1.807) is 0 Å². The first-order chi connectivity index (χ1) is 18.9. The Kier molecular flexibility index (Phi) is 8.63. The molecular formula is C29H57NO9P2. The van der Waals surface area contributed by atoms with Gasteiger partial charge in [-0.3, -0.25) is 0 Å². The van der Waals surface area contributed by atoms with Gasteiger partial charge in [-0.05, 0) is 0 Å². The molecule has 0 radical (unpaired) electrons. The molecule has 0 bridgehead atoms. The molecule has 0 unspecified atom stereocenters. The number of hydrogen-bond donors (Lipinski definition) is 0. The van der Waals surface area contributed by atoms with E-state index in [2.05, 4.69) is 67.3 Å². The van der Waals surface area contributed by atoms with Gasteiger partial charge < -0.3 is 0 Å². The van der Waals surface area contributed by atoms with Gasteiger partial charge in [0.1, 0.15) is 0 Å². The predicted octanol–water partition coefficient (Wildman–Crippen LogP) is 6.06. The molecule has 0 atom stereocenters. The molecule has 12 heteroatoms. The second-order valence-electron chi connectivity index (χ2n) is 15.3. The van der Waals surface area contributed by atoms with Gasteiger partial charge in [0.2, 0.25) is 0 Å². The predicted molar refractivity (Wildman–Crippen MR) is 162 cm³/mol. The van der Waals surface area contributed by atoms with Crippen LogP contribution in [0.1, 0.15) is 81.1 Å². The number of hydrogen-bond acceptors (Lipinski definition) is 10. The molecule has 0 saturated carbocycles. The van der Waals surface area contributed by atoms with Gasteiger partial charge in [-0.25, -0.2) is 0 Å². The van der Waals surface area contributed by atoms with E-state index in [-0.39, 0.29) is 33.7 Å². The van der Waals surface area contributed by atoms with E-state index in [0.717, 1.165) is 32.2 Å². The summed E-state index contributed by atoms with van der Waals surface area (Å²) in [6.45, 7) is 21.6. The first-order valence-corrected chi connectivity index (χ1v) is 19.8. The van der Waals surface area contributed by atoms with Crippen LogP contribution in [0.4, 0.5) is 0 Å². The van der Waals surface area contributed by atoms with E-state index in [1.165, 1.54) is 0 Å². The Hall–Kier alpha value is 0.460. The molecule has 41 heavy (non-hydrogen) atoms. The zero-order valence-electron chi connectivity index (χ0n) is 27.1. The van der Waals surface area contributed by atoms with Gasteiger partial charge in [-0.2, -0.15) is 0 Å². The van der Waals surface area contributed by atoms with Gasteiger partial charge in [0, 0.05) is 0 Å². The average Bonchev–Trinajstić information content (AvgIpc) is 3.31. The number of likely N-dealkylation sites (N-methyl/N-ethyl adjacent to an activating group) is 1. The molecule has 0 N–H and O–H groups in total. The van der Waals surface area contributed by atoms with Crippen molar-refractivity contribution in [2.24, 2.45) is 0 Å². The summed E-state index contributed by atoms with van der Waals surface area (Å²) in [4.78, 5) is 2.22. The summed E-state index contributed by atoms with van der Waals surface area (Å²) < 4.78 is 59.7. The standard InChI is InChI=1S/C29H57NO9P2/c1-26(2)20-24-21-27(3,4)37-40(24,36-26)19-18-32-15-14-31-16-17-35-41(34-13-11-30(9)10-12-33-40)25(22-28(5,6)38-41)23-29(7,8)39-41/h24-25H,10-23H2,1-9H3. The normalized spacial score (nSPS) is 39.8. The van der Waals surface area contributed by atoms with Crippen LogP contribution in [-0.2, 0) is 41.1 Å². The quantitative estimate of drug-likeness (QED) is 0.296. The minimum absolute atomic E-state index is 0.0702. The van der Waals surface area contributed by atoms with E-state index in [1.807, 2.05) is 0 Å². The van der Waals surface area contributed by atoms with Crippen molar-refractivity contribution in [2.45, 2.75) is 115 Å². The van der Waals surface area contributed by atoms with Gasteiger partial charge in [0.25, 0.3) is 0 Å².